The number of hydrogen-bond donors (Lipinski definition) is 0. The molecule has 1 saturated carbocycles. The summed E-state index contributed by atoms with van der Waals surface area (Å²) < 4.78 is 7.28. The Bertz CT molecular complexity index is 946. The highest BCUT2D eigenvalue weighted by molar-refractivity contribution is 5.78. The molecular formula is C23H32N6O2. The van der Waals surface area contributed by atoms with E-state index in [2.05, 4.69) is 25.9 Å². The summed E-state index contributed by atoms with van der Waals surface area (Å²) in [6.45, 7) is 7.93. The van der Waals surface area contributed by atoms with E-state index in [-0.39, 0.29) is 5.91 Å². The van der Waals surface area contributed by atoms with Gasteiger partial charge in [-0.2, -0.15) is 5.10 Å². The molecule has 1 saturated heterocycles. The molecule has 0 atom stereocenters. The molecule has 3 aliphatic rings. The molecule has 166 valence electrons. The van der Waals surface area contributed by atoms with Gasteiger partial charge in [0, 0.05) is 75.3 Å². The van der Waals surface area contributed by atoms with Crippen LogP contribution in [0.3, 0.4) is 0 Å². The number of aromatic nitrogens is 3. The lowest BCUT2D eigenvalue weighted by Gasteiger charge is -2.43. The van der Waals surface area contributed by atoms with Gasteiger partial charge in [0.05, 0.1) is 25.0 Å². The van der Waals surface area contributed by atoms with E-state index in [0.717, 1.165) is 68.7 Å². The molecule has 5 rings (SSSR count). The van der Waals surface area contributed by atoms with Crippen LogP contribution >= 0.6 is 0 Å². The van der Waals surface area contributed by atoms with Gasteiger partial charge in [0.2, 0.25) is 11.8 Å². The van der Waals surface area contributed by atoms with E-state index in [1.165, 1.54) is 24.8 Å². The summed E-state index contributed by atoms with van der Waals surface area (Å²) in [6, 6.07) is 2.74. The van der Waals surface area contributed by atoms with Gasteiger partial charge in [-0.25, -0.2) is 9.67 Å². The van der Waals surface area contributed by atoms with E-state index >= 15 is 0 Å². The predicted octanol–water partition coefficient (Wildman–Crippen LogP) is 1.64. The number of carbonyl (C=O) groups is 1. The topological polar surface area (TPSA) is 66.7 Å². The molecule has 0 radical (unpaired) electrons. The van der Waals surface area contributed by atoms with Crippen LogP contribution in [-0.4, -0.2) is 87.8 Å². The maximum absolute atomic E-state index is 12.9. The Balaban J connectivity index is 1.20. The zero-order valence-corrected chi connectivity index (χ0v) is 18.6. The standard InChI is InChI=1S/C23H32N6O2/c1-17-21(6-8-24-23(17)31-2)29-15-18-14-26(9-7-20(18)25-29)16-22(30)28-12-10-27(11-13-28)19-4-3-5-19/h6,8,15,19H,3-5,7,9-14,16H2,1-2H3. The van der Waals surface area contributed by atoms with Crippen molar-refractivity contribution in [3.8, 4) is 11.6 Å². The highest BCUT2D eigenvalue weighted by Gasteiger charge is 2.30. The Labute approximate surface area is 183 Å². The van der Waals surface area contributed by atoms with Crippen molar-refractivity contribution in [3.63, 3.8) is 0 Å². The molecule has 0 spiro atoms. The fraction of sp³-hybridized carbons (Fsp3) is 0.609. The molecule has 2 aliphatic heterocycles. The first-order chi connectivity index (χ1) is 15.1. The average molecular weight is 425 g/mol. The van der Waals surface area contributed by atoms with Gasteiger partial charge in [-0.15, -0.1) is 0 Å². The third kappa shape index (κ3) is 4.06. The highest BCUT2D eigenvalue weighted by Crippen LogP contribution is 2.26. The molecule has 2 aromatic rings. The van der Waals surface area contributed by atoms with Crippen molar-refractivity contribution in [2.24, 2.45) is 0 Å². The molecule has 8 nitrogen and oxygen atoms in total. The molecule has 0 bridgehead atoms. The Morgan fingerprint density at radius 2 is 2.00 bits per heavy atom. The van der Waals surface area contributed by atoms with Crippen LogP contribution in [0.1, 0.15) is 36.1 Å². The summed E-state index contributed by atoms with van der Waals surface area (Å²) in [7, 11) is 1.63. The SMILES string of the molecule is COc1nccc(-n2cc3c(n2)CCN(CC(=O)N2CCN(C4CCC4)CC2)C3)c1C. The van der Waals surface area contributed by atoms with Crippen LogP contribution in [0.15, 0.2) is 18.5 Å². The molecule has 1 aliphatic carbocycles. The first kappa shape index (κ1) is 20.5. The van der Waals surface area contributed by atoms with Gasteiger partial charge in [0.15, 0.2) is 0 Å². The predicted molar refractivity (Wildman–Crippen MR) is 117 cm³/mol. The summed E-state index contributed by atoms with van der Waals surface area (Å²) in [6.07, 6.45) is 8.74. The smallest absolute Gasteiger partial charge is 0.236 e. The lowest BCUT2D eigenvalue weighted by atomic mass is 9.91. The van der Waals surface area contributed by atoms with Gasteiger partial charge < -0.3 is 9.64 Å². The van der Waals surface area contributed by atoms with Crippen LogP contribution in [0.25, 0.3) is 5.69 Å². The summed E-state index contributed by atoms with van der Waals surface area (Å²) in [5.41, 5.74) is 4.27. The first-order valence-corrected chi connectivity index (χ1v) is 11.4. The number of rotatable bonds is 5. The van der Waals surface area contributed by atoms with Crippen molar-refractivity contribution in [3.05, 3.63) is 35.3 Å². The van der Waals surface area contributed by atoms with Crippen LogP contribution < -0.4 is 4.74 Å². The normalized spacial score (nSPS) is 20.4. The monoisotopic (exact) mass is 424 g/mol. The number of pyridine rings is 1. The van der Waals surface area contributed by atoms with E-state index in [1.54, 1.807) is 13.3 Å². The number of piperazine rings is 1. The highest BCUT2D eigenvalue weighted by atomic mass is 16.5. The van der Waals surface area contributed by atoms with Crippen molar-refractivity contribution in [1.29, 1.82) is 0 Å². The Hall–Kier alpha value is -2.45. The molecular weight excluding hydrogens is 392 g/mol. The van der Waals surface area contributed by atoms with Crippen molar-refractivity contribution in [2.75, 3.05) is 46.4 Å². The molecule has 2 fully saturated rings. The van der Waals surface area contributed by atoms with E-state index in [1.807, 2.05) is 17.7 Å². The van der Waals surface area contributed by atoms with Crippen LogP contribution in [-0.2, 0) is 17.8 Å². The minimum Gasteiger partial charge on any atom is -0.481 e. The van der Waals surface area contributed by atoms with Gasteiger partial charge in [-0.1, -0.05) is 6.42 Å². The maximum atomic E-state index is 12.9. The summed E-state index contributed by atoms with van der Waals surface area (Å²) in [5.74, 6) is 0.884. The lowest BCUT2D eigenvalue weighted by molar-refractivity contribution is -0.135. The fourth-order valence-corrected chi connectivity index (χ4v) is 4.97. The van der Waals surface area contributed by atoms with Crippen LogP contribution in [0.5, 0.6) is 5.88 Å². The second-order valence-electron chi connectivity index (χ2n) is 8.97. The van der Waals surface area contributed by atoms with Crippen molar-refractivity contribution < 1.29 is 9.53 Å². The Morgan fingerprint density at radius 1 is 1.19 bits per heavy atom. The largest absolute Gasteiger partial charge is 0.481 e. The number of hydrogen-bond acceptors (Lipinski definition) is 6. The zero-order chi connectivity index (χ0) is 21.4. The Morgan fingerprint density at radius 3 is 2.71 bits per heavy atom. The van der Waals surface area contributed by atoms with Gasteiger partial charge in [0.1, 0.15) is 0 Å². The van der Waals surface area contributed by atoms with Crippen LogP contribution in [0.4, 0.5) is 0 Å². The van der Waals surface area contributed by atoms with Gasteiger partial charge in [-0.3, -0.25) is 14.6 Å². The fourth-order valence-electron chi connectivity index (χ4n) is 4.97. The van der Waals surface area contributed by atoms with Crippen molar-refractivity contribution in [2.45, 2.75) is 45.2 Å². The second kappa shape index (κ2) is 8.59. The van der Waals surface area contributed by atoms with E-state index in [0.29, 0.717) is 12.4 Å². The zero-order valence-electron chi connectivity index (χ0n) is 18.6. The third-order valence-electron chi connectivity index (χ3n) is 7.12. The molecule has 0 aromatic carbocycles. The van der Waals surface area contributed by atoms with Crippen molar-refractivity contribution >= 4 is 5.91 Å². The van der Waals surface area contributed by atoms with Crippen molar-refractivity contribution in [1.82, 2.24) is 29.5 Å². The molecule has 2 aromatic heterocycles. The number of methoxy groups -OCH3 is 1. The molecule has 4 heterocycles. The number of amides is 1. The van der Waals surface area contributed by atoms with Crippen LogP contribution in [0, 0.1) is 6.92 Å². The molecule has 31 heavy (non-hydrogen) atoms. The van der Waals surface area contributed by atoms with Crippen LogP contribution in [0.2, 0.25) is 0 Å². The number of fused-ring (bicyclic) bond motifs is 1. The summed E-state index contributed by atoms with van der Waals surface area (Å²) in [5, 5.41) is 4.80. The van der Waals surface area contributed by atoms with Gasteiger partial charge in [-0.05, 0) is 25.8 Å². The quantitative estimate of drug-likeness (QED) is 0.727. The first-order valence-electron chi connectivity index (χ1n) is 11.4. The number of nitrogens with zero attached hydrogens (tertiary/aromatic N) is 6. The lowest BCUT2D eigenvalue weighted by Crippen LogP contribution is -2.55. The third-order valence-corrected chi connectivity index (χ3v) is 7.12. The van der Waals surface area contributed by atoms with E-state index in [9.17, 15) is 4.79 Å². The minimum absolute atomic E-state index is 0.263. The molecule has 1 amide bonds. The number of ether oxygens (including phenoxy) is 1. The van der Waals surface area contributed by atoms with E-state index in [4.69, 9.17) is 9.84 Å². The second-order valence-corrected chi connectivity index (χ2v) is 8.97. The maximum Gasteiger partial charge on any atom is 0.236 e. The molecule has 8 heteroatoms. The average Bonchev–Trinajstić information content (AvgIpc) is 3.16. The summed E-state index contributed by atoms with van der Waals surface area (Å²) in [4.78, 5) is 24.1. The molecule has 0 N–H and O–H groups in total. The Kier molecular flexibility index (Phi) is 5.67. The molecule has 0 unspecified atom stereocenters. The van der Waals surface area contributed by atoms with E-state index < -0.39 is 0 Å². The van der Waals surface area contributed by atoms with Gasteiger partial charge in [0.25, 0.3) is 0 Å². The van der Waals surface area contributed by atoms with Gasteiger partial charge >= 0.3 is 0 Å². The minimum atomic E-state index is 0.263. The number of carbonyl (C=O) groups excluding carboxylic acids is 1. The summed E-state index contributed by atoms with van der Waals surface area (Å²) >= 11 is 0.